The molecule has 3 saturated heterocycles. The molecule has 5 atom stereocenters. The summed E-state index contributed by atoms with van der Waals surface area (Å²) in [7, 11) is 0. The summed E-state index contributed by atoms with van der Waals surface area (Å²) in [5, 5.41) is 9.37. The Labute approximate surface area is 225 Å². The van der Waals surface area contributed by atoms with Crippen LogP contribution >= 0.6 is 0 Å². The van der Waals surface area contributed by atoms with Crippen LogP contribution in [-0.4, -0.2) is 82.2 Å². The van der Waals surface area contributed by atoms with Crippen LogP contribution in [0.1, 0.15) is 46.5 Å². The fourth-order valence-electron chi connectivity index (χ4n) is 6.56. The molecule has 1 aromatic carbocycles. The molecule has 8 nitrogen and oxygen atoms in total. The van der Waals surface area contributed by atoms with E-state index in [4.69, 9.17) is 4.74 Å². The van der Waals surface area contributed by atoms with Crippen LogP contribution in [0.5, 0.6) is 0 Å². The lowest BCUT2D eigenvalue weighted by atomic mass is 9.70. The van der Waals surface area contributed by atoms with Crippen molar-refractivity contribution in [1.82, 2.24) is 9.80 Å². The summed E-state index contributed by atoms with van der Waals surface area (Å²) in [6.45, 7) is 14.5. The van der Waals surface area contributed by atoms with Gasteiger partial charge in [0.15, 0.2) is 0 Å². The van der Waals surface area contributed by atoms with Crippen molar-refractivity contribution >= 4 is 23.4 Å². The van der Waals surface area contributed by atoms with Crippen molar-refractivity contribution in [3.63, 3.8) is 0 Å². The molecule has 206 valence electrons. The van der Waals surface area contributed by atoms with Crippen LogP contribution in [0.2, 0.25) is 0 Å². The van der Waals surface area contributed by atoms with Gasteiger partial charge in [-0.15, -0.1) is 13.2 Å². The molecular formula is C30H41N3O5. The average Bonchev–Trinajstić information content (AvgIpc) is 3.52. The number of hydrogen-bond acceptors (Lipinski definition) is 5. The molecule has 0 aliphatic carbocycles. The van der Waals surface area contributed by atoms with Gasteiger partial charge in [-0.05, 0) is 58.6 Å². The maximum Gasteiger partial charge on any atom is 0.249 e. The van der Waals surface area contributed by atoms with E-state index < -0.39 is 35.1 Å². The summed E-state index contributed by atoms with van der Waals surface area (Å²) in [6, 6.07) is 8.54. The Morgan fingerprint density at radius 1 is 1.13 bits per heavy atom. The second-order valence-electron chi connectivity index (χ2n) is 11.5. The van der Waals surface area contributed by atoms with Crippen LogP contribution in [0.25, 0.3) is 0 Å². The number of likely N-dealkylation sites (tertiary alicyclic amines) is 1. The van der Waals surface area contributed by atoms with Crippen LogP contribution in [0.4, 0.5) is 5.69 Å². The second-order valence-corrected chi connectivity index (χ2v) is 11.5. The summed E-state index contributed by atoms with van der Waals surface area (Å²) in [5.41, 5.74) is -0.823. The molecule has 0 radical (unpaired) electrons. The number of benzene rings is 1. The monoisotopic (exact) mass is 523 g/mol. The Hall–Kier alpha value is -2.97. The lowest BCUT2D eigenvalue weighted by molar-refractivity contribution is -0.151. The number of nitrogens with zero attached hydrogens (tertiary/aromatic N) is 3. The highest BCUT2D eigenvalue weighted by atomic mass is 16.5. The minimum atomic E-state index is -1.06. The highest BCUT2D eigenvalue weighted by Crippen LogP contribution is 2.59. The van der Waals surface area contributed by atoms with E-state index >= 15 is 0 Å². The third-order valence-electron chi connectivity index (χ3n) is 8.16. The van der Waals surface area contributed by atoms with Crippen molar-refractivity contribution in [2.45, 2.75) is 69.7 Å². The van der Waals surface area contributed by atoms with E-state index in [9.17, 15) is 19.5 Å². The number of unbranched alkanes of at least 4 members (excludes halogenated alkanes) is 1. The first-order valence-electron chi connectivity index (χ1n) is 13.6. The zero-order valence-electron chi connectivity index (χ0n) is 22.8. The van der Waals surface area contributed by atoms with Gasteiger partial charge in [0.2, 0.25) is 17.7 Å². The Balaban J connectivity index is 1.75. The smallest absolute Gasteiger partial charge is 0.249 e. The summed E-state index contributed by atoms with van der Waals surface area (Å²) in [6.07, 6.45) is 5.18. The number of aliphatic hydroxyl groups is 1. The second kappa shape index (κ2) is 11.0. The predicted octanol–water partition coefficient (Wildman–Crippen LogP) is 3.17. The maximum atomic E-state index is 14.3. The summed E-state index contributed by atoms with van der Waals surface area (Å²) < 4.78 is 6.60. The van der Waals surface area contributed by atoms with Gasteiger partial charge in [-0.1, -0.05) is 30.4 Å². The fourth-order valence-corrected chi connectivity index (χ4v) is 6.56. The molecule has 0 aromatic heterocycles. The van der Waals surface area contributed by atoms with Gasteiger partial charge in [0, 0.05) is 37.5 Å². The minimum Gasteiger partial charge on any atom is -0.396 e. The maximum absolute atomic E-state index is 14.3. The number of carbonyl (C=O) groups excluding carboxylic acids is 3. The number of fused-ring (bicyclic) bond motifs is 1. The molecule has 3 aliphatic rings. The number of para-hydroxylation sites is 1. The Bertz CT molecular complexity index is 1070. The number of hydrogen-bond donors (Lipinski definition) is 1. The van der Waals surface area contributed by atoms with Gasteiger partial charge in [0.25, 0.3) is 0 Å². The van der Waals surface area contributed by atoms with Gasteiger partial charge in [0.05, 0.1) is 17.9 Å². The van der Waals surface area contributed by atoms with Gasteiger partial charge < -0.3 is 24.5 Å². The van der Waals surface area contributed by atoms with E-state index in [-0.39, 0.29) is 24.3 Å². The van der Waals surface area contributed by atoms with Crippen molar-refractivity contribution in [3.05, 3.63) is 55.6 Å². The number of amides is 3. The largest absolute Gasteiger partial charge is 0.396 e. The van der Waals surface area contributed by atoms with Crippen LogP contribution < -0.4 is 4.90 Å². The third-order valence-corrected chi connectivity index (χ3v) is 8.16. The van der Waals surface area contributed by atoms with Crippen LogP contribution in [0.15, 0.2) is 55.6 Å². The van der Waals surface area contributed by atoms with Crippen molar-refractivity contribution in [2.75, 3.05) is 31.1 Å². The zero-order valence-corrected chi connectivity index (χ0v) is 22.8. The molecule has 4 rings (SSSR count). The van der Waals surface area contributed by atoms with Gasteiger partial charge in [-0.2, -0.15) is 0 Å². The van der Waals surface area contributed by atoms with E-state index in [1.807, 2.05) is 51.1 Å². The number of ether oxygens (including phenoxy) is 1. The number of anilines is 1. The Kier molecular flexibility index (Phi) is 8.14. The van der Waals surface area contributed by atoms with Crippen LogP contribution in [-0.2, 0) is 19.1 Å². The first-order chi connectivity index (χ1) is 18.1. The van der Waals surface area contributed by atoms with E-state index in [2.05, 4.69) is 13.2 Å². The lowest BCUT2D eigenvalue weighted by Crippen LogP contribution is -2.60. The highest BCUT2D eigenvalue weighted by molar-refractivity contribution is 6.03. The van der Waals surface area contributed by atoms with E-state index in [1.54, 1.807) is 26.9 Å². The van der Waals surface area contributed by atoms with E-state index in [1.165, 1.54) is 0 Å². The molecular weight excluding hydrogens is 482 g/mol. The fraction of sp³-hybridized carbons (Fsp3) is 0.567. The lowest BCUT2D eigenvalue weighted by Gasteiger charge is -2.42. The van der Waals surface area contributed by atoms with Crippen LogP contribution in [0.3, 0.4) is 0 Å². The van der Waals surface area contributed by atoms with Gasteiger partial charge in [0.1, 0.15) is 11.6 Å². The number of aliphatic hydroxyl groups excluding tert-OH is 1. The molecule has 1 N–H and O–H groups in total. The normalized spacial score (nSPS) is 27.8. The molecule has 1 aromatic rings. The standard InChI is InChI=1S/C30H41N3O5/c1-6-17-31(21-13-9-8-10-14-21)26(35)23-22-15-16-30(38-22)24(23)27(36)32(19-11-12-20-34)25(30)28(37)33(18-7-2)29(3,4)5/h6-10,13-14,22-25,34H,1-2,11-12,15-20H2,3-5H3/t22-,23+,24+,25?,30?/m1/s1. The molecule has 2 unspecified atom stereocenters. The van der Waals surface area contributed by atoms with Crippen molar-refractivity contribution in [1.29, 1.82) is 0 Å². The molecule has 0 saturated carbocycles. The minimum absolute atomic E-state index is 0.00701. The molecule has 8 heteroatoms. The van der Waals surface area contributed by atoms with Gasteiger partial charge >= 0.3 is 0 Å². The average molecular weight is 524 g/mol. The quantitative estimate of drug-likeness (QED) is 0.356. The third kappa shape index (κ3) is 4.69. The zero-order chi connectivity index (χ0) is 27.7. The van der Waals surface area contributed by atoms with E-state index in [0.717, 1.165) is 5.69 Å². The number of rotatable bonds is 11. The van der Waals surface area contributed by atoms with Crippen molar-refractivity contribution in [3.8, 4) is 0 Å². The molecule has 38 heavy (non-hydrogen) atoms. The molecule has 3 heterocycles. The molecule has 3 fully saturated rings. The van der Waals surface area contributed by atoms with E-state index in [0.29, 0.717) is 45.3 Å². The first-order valence-corrected chi connectivity index (χ1v) is 13.6. The number of carbonyl (C=O) groups is 3. The summed E-state index contributed by atoms with van der Waals surface area (Å²) in [4.78, 5) is 47.6. The molecule has 2 bridgehead atoms. The SMILES string of the molecule is C=CCN(C(=O)[C@@H]1[C@H]2C(=O)N(CCCCO)C(C(=O)N(CC=C)C(C)(C)C)C23CC[C@H]1O3)c1ccccc1. The molecule has 1 spiro atoms. The van der Waals surface area contributed by atoms with Gasteiger partial charge in [-0.25, -0.2) is 0 Å². The molecule has 3 aliphatic heterocycles. The Morgan fingerprint density at radius 3 is 2.42 bits per heavy atom. The highest BCUT2D eigenvalue weighted by Gasteiger charge is 2.75. The van der Waals surface area contributed by atoms with Crippen molar-refractivity contribution in [2.24, 2.45) is 11.8 Å². The summed E-state index contributed by atoms with van der Waals surface area (Å²) in [5.74, 6) is -1.99. The predicted molar refractivity (Wildman–Crippen MR) is 146 cm³/mol. The van der Waals surface area contributed by atoms with Gasteiger partial charge in [-0.3, -0.25) is 14.4 Å². The topological polar surface area (TPSA) is 90.4 Å². The molecule has 3 amide bonds. The first kappa shape index (κ1) is 28.0. The summed E-state index contributed by atoms with van der Waals surface area (Å²) >= 11 is 0. The van der Waals surface area contributed by atoms with Crippen molar-refractivity contribution < 1.29 is 24.2 Å². The Morgan fingerprint density at radius 2 is 1.82 bits per heavy atom. The van der Waals surface area contributed by atoms with Crippen LogP contribution in [0, 0.1) is 11.8 Å².